The van der Waals surface area contributed by atoms with Gasteiger partial charge in [-0.1, -0.05) is 13.8 Å². The molecule has 0 bridgehead atoms. The van der Waals surface area contributed by atoms with Crippen molar-refractivity contribution < 1.29 is 0 Å². The predicted molar refractivity (Wildman–Crippen MR) is 44.5 cm³/mol. The summed E-state index contributed by atoms with van der Waals surface area (Å²) in [6, 6.07) is 0. The van der Waals surface area contributed by atoms with Gasteiger partial charge in [-0.3, -0.25) is 0 Å². The van der Waals surface area contributed by atoms with Gasteiger partial charge in [0.25, 0.3) is 0 Å². The topological polar surface area (TPSA) is 43.6 Å². The summed E-state index contributed by atoms with van der Waals surface area (Å²) in [5, 5.41) is 11.6. The lowest BCUT2D eigenvalue weighted by molar-refractivity contribution is 0.266. The van der Waals surface area contributed by atoms with Crippen molar-refractivity contribution in [1.82, 2.24) is 20.2 Å². The molecule has 1 atom stereocenters. The Morgan fingerprint density at radius 1 is 1.50 bits per heavy atom. The molecule has 2 heterocycles. The minimum absolute atomic E-state index is 0.738. The molecule has 1 aliphatic rings. The quantitative estimate of drug-likeness (QED) is 0.622. The van der Waals surface area contributed by atoms with E-state index in [1.54, 1.807) is 0 Å². The minimum Gasteiger partial charge on any atom is -0.229 e. The summed E-state index contributed by atoms with van der Waals surface area (Å²) < 4.78 is 1.94. The summed E-state index contributed by atoms with van der Waals surface area (Å²) in [4.78, 5) is 0. The Morgan fingerprint density at radius 2 is 2.33 bits per heavy atom. The fourth-order valence-corrected chi connectivity index (χ4v) is 1.72. The molecule has 12 heavy (non-hydrogen) atoms. The van der Waals surface area contributed by atoms with E-state index in [1.165, 1.54) is 6.42 Å². The van der Waals surface area contributed by atoms with Crippen LogP contribution in [0.25, 0.3) is 0 Å². The summed E-state index contributed by atoms with van der Waals surface area (Å²) in [7, 11) is 0. The van der Waals surface area contributed by atoms with Gasteiger partial charge in [0.15, 0.2) is 5.82 Å². The molecule has 0 N–H and O–H groups in total. The first-order valence-corrected chi connectivity index (χ1v) is 4.52. The third-order valence-corrected chi connectivity index (χ3v) is 2.70. The van der Waals surface area contributed by atoms with Gasteiger partial charge in [-0.25, -0.2) is 4.68 Å². The van der Waals surface area contributed by atoms with Crippen LogP contribution < -0.4 is 0 Å². The van der Waals surface area contributed by atoms with Gasteiger partial charge in [-0.2, -0.15) is 0 Å². The lowest BCUT2D eigenvalue weighted by Gasteiger charge is -2.24. The number of fused-ring (bicyclic) bond motifs is 1. The van der Waals surface area contributed by atoms with E-state index in [4.69, 9.17) is 0 Å². The van der Waals surface area contributed by atoms with Gasteiger partial charge in [-0.15, -0.1) is 5.10 Å². The molecule has 0 saturated carbocycles. The highest BCUT2D eigenvalue weighted by atomic mass is 15.5. The molecule has 1 aromatic rings. The maximum Gasteiger partial charge on any atom is 0.151 e. The molecule has 0 aliphatic carbocycles. The first-order valence-electron chi connectivity index (χ1n) is 4.52. The Kier molecular flexibility index (Phi) is 1.83. The lowest BCUT2D eigenvalue weighted by atomic mass is 9.89. The van der Waals surface area contributed by atoms with Crippen LogP contribution in [0.3, 0.4) is 0 Å². The van der Waals surface area contributed by atoms with E-state index in [2.05, 4.69) is 29.4 Å². The first-order chi connectivity index (χ1) is 5.77. The standard InChI is InChI=1S/C8H14N4/c1-6(2)7-3-4-8-9-10-11-12(8)5-7/h6-7H,3-5H2,1-2H3. The zero-order chi connectivity index (χ0) is 8.55. The van der Waals surface area contributed by atoms with Crippen molar-refractivity contribution in [1.29, 1.82) is 0 Å². The van der Waals surface area contributed by atoms with E-state index in [0.717, 1.165) is 30.6 Å². The van der Waals surface area contributed by atoms with Crippen molar-refractivity contribution in [2.24, 2.45) is 11.8 Å². The average Bonchev–Trinajstić information content (AvgIpc) is 2.49. The van der Waals surface area contributed by atoms with Gasteiger partial charge in [-0.05, 0) is 28.7 Å². The Labute approximate surface area is 72.0 Å². The SMILES string of the molecule is CC(C)C1CCc2nnnn2C1. The highest BCUT2D eigenvalue weighted by Crippen LogP contribution is 2.23. The molecule has 0 saturated heterocycles. The lowest BCUT2D eigenvalue weighted by Crippen LogP contribution is -2.24. The fourth-order valence-electron chi connectivity index (χ4n) is 1.72. The monoisotopic (exact) mass is 166 g/mol. The summed E-state index contributed by atoms with van der Waals surface area (Å²) in [6.07, 6.45) is 2.27. The summed E-state index contributed by atoms with van der Waals surface area (Å²) >= 11 is 0. The molecule has 4 nitrogen and oxygen atoms in total. The van der Waals surface area contributed by atoms with E-state index >= 15 is 0 Å². The van der Waals surface area contributed by atoms with Gasteiger partial charge in [0.2, 0.25) is 0 Å². The van der Waals surface area contributed by atoms with Crippen LogP contribution in [0.15, 0.2) is 0 Å². The number of aromatic nitrogens is 4. The minimum atomic E-state index is 0.738. The second kappa shape index (κ2) is 2.84. The molecule has 0 aromatic carbocycles. The molecule has 0 radical (unpaired) electrons. The molecule has 1 aromatic heterocycles. The largest absolute Gasteiger partial charge is 0.229 e. The predicted octanol–water partition coefficient (Wildman–Crippen LogP) is 0.891. The normalized spacial score (nSPS) is 22.8. The van der Waals surface area contributed by atoms with Crippen LogP contribution in [0.4, 0.5) is 0 Å². The number of hydrogen-bond donors (Lipinski definition) is 0. The number of hydrogen-bond acceptors (Lipinski definition) is 3. The van der Waals surface area contributed by atoms with Crippen LogP contribution in [0.5, 0.6) is 0 Å². The molecule has 0 spiro atoms. The number of rotatable bonds is 1. The molecule has 4 heteroatoms. The Morgan fingerprint density at radius 3 is 3.08 bits per heavy atom. The fraction of sp³-hybridized carbons (Fsp3) is 0.875. The van der Waals surface area contributed by atoms with Crippen molar-refractivity contribution >= 4 is 0 Å². The van der Waals surface area contributed by atoms with Crippen molar-refractivity contribution in [2.75, 3.05) is 0 Å². The zero-order valence-electron chi connectivity index (χ0n) is 7.56. The van der Waals surface area contributed by atoms with Gasteiger partial charge >= 0.3 is 0 Å². The van der Waals surface area contributed by atoms with Crippen LogP contribution in [0.2, 0.25) is 0 Å². The highest BCUT2D eigenvalue weighted by Gasteiger charge is 2.22. The van der Waals surface area contributed by atoms with Crippen LogP contribution in [-0.4, -0.2) is 20.2 Å². The first kappa shape index (κ1) is 7.71. The molecule has 1 unspecified atom stereocenters. The molecule has 66 valence electrons. The van der Waals surface area contributed by atoms with E-state index in [9.17, 15) is 0 Å². The van der Waals surface area contributed by atoms with Crippen molar-refractivity contribution in [2.45, 2.75) is 33.2 Å². The third-order valence-electron chi connectivity index (χ3n) is 2.70. The van der Waals surface area contributed by atoms with Crippen molar-refractivity contribution in [3.8, 4) is 0 Å². The second-order valence-electron chi connectivity index (χ2n) is 3.82. The van der Waals surface area contributed by atoms with Crippen LogP contribution in [0.1, 0.15) is 26.1 Å². The van der Waals surface area contributed by atoms with E-state index < -0.39 is 0 Å². The number of aryl methyl sites for hydroxylation is 1. The maximum atomic E-state index is 3.95. The Bertz CT molecular complexity index is 266. The Balaban J connectivity index is 2.15. The zero-order valence-corrected chi connectivity index (χ0v) is 7.56. The van der Waals surface area contributed by atoms with Crippen LogP contribution >= 0.6 is 0 Å². The van der Waals surface area contributed by atoms with Crippen molar-refractivity contribution in [3.05, 3.63) is 5.82 Å². The van der Waals surface area contributed by atoms with Gasteiger partial charge in [0, 0.05) is 13.0 Å². The molecular formula is C8H14N4. The molecule has 0 amide bonds. The highest BCUT2D eigenvalue weighted by molar-refractivity contribution is 4.87. The average molecular weight is 166 g/mol. The van der Waals surface area contributed by atoms with Gasteiger partial charge in [0.1, 0.15) is 0 Å². The van der Waals surface area contributed by atoms with Crippen LogP contribution in [-0.2, 0) is 13.0 Å². The van der Waals surface area contributed by atoms with Crippen molar-refractivity contribution in [3.63, 3.8) is 0 Å². The van der Waals surface area contributed by atoms with Crippen LogP contribution in [0, 0.1) is 11.8 Å². The second-order valence-corrected chi connectivity index (χ2v) is 3.82. The van der Waals surface area contributed by atoms with E-state index in [-0.39, 0.29) is 0 Å². The summed E-state index contributed by atoms with van der Waals surface area (Å²) in [5.74, 6) is 2.54. The molecule has 1 aliphatic heterocycles. The smallest absolute Gasteiger partial charge is 0.151 e. The summed E-state index contributed by atoms with van der Waals surface area (Å²) in [5.41, 5.74) is 0. The van der Waals surface area contributed by atoms with Gasteiger partial charge < -0.3 is 0 Å². The van der Waals surface area contributed by atoms with E-state index in [0.29, 0.717) is 0 Å². The molecule has 0 fully saturated rings. The van der Waals surface area contributed by atoms with E-state index in [1.807, 2.05) is 4.68 Å². The molecule has 2 rings (SSSR count). The molecular weight excluding hydrogens is 152 g/mol. The third kappa shape index (κ3) is 1.21. The summed E-state index contributed by atoms with van der Waals surface area (Å²) in [6.45, 7) is 5.53. The number of nitrogens with zero attached hydrogens (tertiary/aromatic N) is 4. The number of tetrazole rings is 1. The van der Waals surface area contributed by atoms with Gasteiger partial charge in [0.05, 0.1) is 0 Å². The Hall–Kier alpha value is -0.930. The maximum absolute atomic E-state index is 3.95.